The van der Waals surface area contributed by atoms with Crippen molar-refractivity contribution in [1.29, 1.82) is 0 Å². The van der Waals surface area contributed by atoms with Crippen molar-refractivity contribution in [3.63, 3.8) is 0 Å². The van der Waals surface area contributed by atoms with Gasteiger partial charge in [-0.15, -0.1) is 0 Å². The Morgan fingerprint density at radius 2 is 1.75 bits per heavy atom. The molecule has 1 heterocycles. The molecule has 28 heavy (non-hydrogen) atoms. The molecule has 0 aliphatic rings. The molecule has 3 rings (SSSR count). The maximum Gasteiger partial charge on any atom is 0.319 e. The molecule has 2 aromatic carbocycles. The number of nitrogens with zero attached hydrogens (tertiary/aromatic N) is 1. The Labute approximate surface area is 171 Å². The zero-order valence-corrected chi connectivity index (χ0v) is 17.0. The number of urea groups is 1. The van der Waals surface area contributed by atoms with Crippen LogP contribution in [0.3, 0.4) is 0 Å². The average molecular weight is 461 g/mol. The number of rotatable bonds is 6. The monoisotopic (exact) mass is 460 g/mol. The van der Waals surface area contributed by atoms with E-state index in [0.29, 0.717) is 22.4 Å². The van der Waals surface area contributed by atoms with Gasteiger partial charge in [-0.05, 0) is 64.0 Å². The summed E-state index contributed by atoms with van der Waals surface area (Å²) in [6.07, 6.45) is 3.32. The van der Waals surface area contributed by atoms with E-state index in [1.165, 1.54) is 24.3 Å². The van der Waals surface area contributed by atoms with Crippen LogP contribution in [0.2, 0.25) is 0 Å². The number of para-hydroxylation sites is 1. The lowest BCUT2D eigenvalue weighted by molar-refractivity contribution is 0.251. The van der Waals surface area contributed by atoms with E-state index in [0.717, 1.165) is 5.56 Å². The molecule has 9 heteroatoms. The number of sulfonamides is 1. The minimum Gasteiger partial charge on any atom is -0.334 e. The van der Waals surface area contributed by atoms with Crippen LogP contribution in [0.4, 0.5) is 16.2 Å². The number of hydrogen-bond donors (Lipinski definition) is 3. The van der Waals surface area contributed by atoms with E-state index in [1.54, 1.807) is 42.7 Å². The van der Waals surface area contributed by atoms with Crippen molar-refractivity contribution >= 4 is 43.4 Å². The maximum atomic E-state index is 12.5. The van der Waals surface area contributed by atoms with Crippen LogP contribution in [0, 0.1) is 0 Å². The van der Waals surface area contributed by atoms with Gasteiger partial charge in [0.05, 0.1) is 10.6 Å². The molecule has 0 saturated heterocycles. The highest BCUT2D eigenvalue weighted by molar-refractivity contribution is 9.10. The third kappa shape index (κ3) is 5.30. The SMILES string of the molecule is O=C(NCc1cccnc1)Nc1ccc(S(=O)(=O)Nc2ccccc2Br)cc1. The summed E-state index contributed by atoms with van der Waals surface area (Å²) in [5, 5.41) is 5.36. The van der Waals surface area contributed by atoms with Crippen LogP contribution in [0.1, 0.15) is 5.56 Å². The van der Waals surface area contributed by atoms with Crippen molar-refractivity contribution in [3.8, 4) is 0 Å². The van der Waals surface area contributed by atoms with Crippen molar-refractivity contribution in [2.45, 2.75) is 11.4 Å². The van der Waals surface area contributed by atoms with E-state index in [4.69, 9.17) is 0 Å². The number of nitrogens with one attached hydrogen (secondary N) is 3. The first-order valence-corrected chi connectivity index (χ1v) is 10.5. The molecule has 1 aromatic heterocycles. The maximum absolute atomic E-state index is 12.5. The second kappa shape index (κ2) is 8.85. The first kappa shape index (κ1) is 19.8. The Hall–Kier alpha value is -2.91. The lowest BCUT2D eigenvalue weighted by Crippen LogP contribution is -2.28. The fraction of sp³-hybridized carbons (Fsp3) is 0.0526. The van der Waals surface area contributed by atoms with Crippen molar-refractivity contribution in [2.24, 2.45) is 0 Å². The average Bonchev–Trinajstić information content (AvgIpc) is 2.69. The van der Waals surface area contributed by atoms with Gasteiger partial charge in [0.25, 0.3) is 10.0 Å². The second-order valence-corrected chi connectivity index (χ2v) is 8.32. The number of halogens is 1. The van der Waals surface area contributed by atoms with Gasteiger partial charge in [0, 0.05) is 29.1 Å². The van der Waals surface area contributed by atoms with Gasteiger partial charge in [-0.25, -0.2) is 13.2 Å². The van der Waals surface area contributed by atoms with Crippen LogP contribution in [0.5, 0.6) is 0 Å². The molecule has 144 valence electrons. The summed E-state index contributed by atoms with van der Waals surface area (Å²) in [6.45, 7) is 0.335. The van der Waals surface area contributed by atoms with Crippen molar-refractivity contribution in [1.82, 2.24) is 10.3 Å². The molecule has 0 aliphatic carbocycles. The number of anilines is 2. The second-order valence-electron chi connectivity index (χ2n) is 5.78. The van der Waals surface area contributed by atoms with E-state index >= 15 is 0 Å². The summed E-state index contributed by atoms with van der Waals surface area (Å²) >= 11 is 3.31. The molecule has 0 atom stereocenters. The van der Waals surface area contributed by atoms with Crippen LogP contribution in [0.25, 0.3) is 0 Å². The smallest absolute Gasteiger partial charge is 0.319 e. The summed E-state index contributed by atoms with van der Waals surface area (Å²) in [7, 11) is -3.74. The normalized spacial score (nSPS) is 10.9. The van der Waals surface area contributed by atoms with Crippen LogP contribution < -0.4 is 15.4 Å². The molecule has 3 N–H and O–H groups in total. The number of pyridine rings is 1. The molecule has 0 spiro atoms. The molecule has 0 radical (unpaired) electrons. The quantitative estimate of drug-likeness (QED) is 0.517. The van der Waals surface area contributed by atoms with Gasteiger partial charge < -0.3 is 10.6 Å². The highest BCUT2D eigenvalue weighted by Crippen LogP contribution is 2.25. The first-order chi connectivity index (χ1) is 13.4. The Bertz CT molecular complexity index is 1060. The molecule has 0 fully saturated rings. The number of carbonyl (C=O) groups is 1. The molecule has 2 amide bonds. The first-order valence-electron chi connectivity index (χ1n) is 8.25. The van der Waals surface area contributed by atoms with Crippen LogP contribution in [-0.2, 0) is 16.6 Å². The predicted molar refractivity (Wildman–Crippen MR) is 111 cm³/mol. The van der Waals surface area contributed by atoms with E-state index < -0.39 is 16.1 Å². The molecule has 0 bridgehead atoms. The van der Waals surface area contributed by atoms with Crippen molar-refractivity contribution in [2.75, 3.05) is 10.0 Å². The fourth-order valence-electron chi connectivity index (χ4n) is 2.33. The van der Waals surface area contributed by atoms with Gasteiger partial charge in [0.2, 0.25) is 0 Å². The highest BCUT2D eigenvalue weighted by Gasteiger charge is 2.15. The van der Waals surface area contributed by atoms with Crippen molar-refractivity contribution < 1.29 is 13.2 Å². The summed E-state index contributed by atoms with van der Waals surface area (Å²) in [5.74, 6) is 0. The van der Waals surface area contributed by atoms with Gasteiger partial charge in [-0.2, -0.15) is 0 Å². The van der Waals surface area contributed by atoms with Gasteiger partial charge in [0.1, 0.15) is 0 Å². The van der Waals surface area contributed by atoms with Gasteiger partial charge in [-0.1, -0.05) is 18.2 Å². The van der Waals surface area contributed by atoms with Crippen LogP contribution in [-0.4, -0.2) is 19.4 Å². The summed E-state index contributed by atoms with van der Waals surface area (Å²) < 4.78 is 28.2. The van der Waals surface area contributed by atoms with E-state index in [9.17, 15) is 13.2 Å². The summed E-state index contributed by atoms with van der Waals surface area (Å²) in [4.78, 5) is 16.0. The van der Waals surface area contributed by atoms with Crippen LogP contribution >= 0.6 is 15.9 Å². The molecular formula is C19H17BrN4O3S. The van der Waals surface area contributed by atoms with Gasteiger partial charge in [0.15, 0.2) is 0 Å². The standard InChI is InChI=1S/C19H17BrN4O3S/c20-17-5-1-2-6-18(17)24-28(26,27)16-9-7-15(8-10-16)23-19(25)22-13-14-4-3-11-21-12-14/h1-12,24H,13H2,(H2,22,23,25). The zero-order chi connectivity index (χ0) is 20.0. The Kier molecular flexibility index (Phi) is 6.27. The van der Waals surface area contributed by atoms with Gasteiger partial charge >= 0.3 is 6.03 Å². The van der Waals surface area contributed by atoms with E-state index in [1.807, 2.05) is 6.07 Å². The third-order valence-corrected chi connectivity index (χ3v) is 5.79. The highest BCUT2D eigenvalue weighted by atomic mass is 79.9. The minimum absolute atomic E-state index is 0.0876. The Balaban J connectivity index is 1.61. The topological polar surface area (TPSA) is 100 Å². The summed E-state index contributed by atoms with van der Waals surface area (Å²) in [6, 6.07) is 16.1. The number of benzene rings is 2. The third-order valence-electron chi connectivity index (χ3n) is 3.72. The Morgan fingerprint density at radius 3 is 2.43 bits per heavy atom. The number of hydrogen-bond acceptors (Lipinski definition) is 4. The predicted octanol–water partition coefficient (Wildman–Crippen LogP) is 3.97. The van der Waals surface area contributed by atoms with E-state index in [-0.39, 0.29) is 4.90 Å². The van der Waals surface area contributed by atoms with E-state index in [2.05, 4.69) is 36.3 Å². The molecule has 0 saturated carbocycles. The Morgan fingerprint density at radius 1 is 1.00 bits per heavy atom. The molecule has 3 aromatic rings. The molecule has 0 aliphatic heterocycles. The van der Waals surface area contributed by atoms with Gasteiger partial charge in [-0.3, -0.25) is 9.71 Å². The summed E-state index contributed by atoms with van der Waals surface area (Å²) in [5.41, 5.74) is 1.79. The van der Waals surface area contributed by atoms with Crippen LogP contribution in [0.15, 0.2) is 82.4 Å². The molecule has 0 unspecified atom stereocenters. The zero-order valence-electron chi connectivity index (χ0n) is 14.6. The minimum atomic E-state index is -3.74. The van der Waals surface area contributed by atoms with Crippen molar-refractivity contribution in [3.05, 3.63) is 83.1 Å². The largest absolute Gasteiger partial charge is 0.334 e. The fourth-order valence-corrected chi connectivity index (χ4v) is 3.92. The number of aromatic nitrogens is 1. The lowest BCUT2D eigenvalue weighted by Gasteiger charge is -2.11. The molecule has 7 nitrogen and oxygen atoms in total. The number of carbonyl (C=O) groups excluding carboxylic acids is 1. The number of amides is 2. The lowest BCUT2D eigenvalue weighted by atomic mass is 10.3. The molecular weight excluding hydrogens is 444 g/mol.